The second-order valence-electron chi connectivity index (χ2n) is 5.10. The first-order chi connectivity index (χ1) is 9.97. The zero-order valence-corrected chi connectivity index (χ0v) is 11.9. The van der Waals surface area contributed by atoms with Crippen molar-refractivity contribution in [3.05, 3.63) is 42.5 Å². The fourth-order valence-corrected chi connectivity index (χ4v) is 2.10. The molecule has 1 aromatic heterocycles. The Hall–Kier alpha value is -2.11. The Morgan fingerprint density at radius 3 is 2.90 bits per heavy atom. The van der Waals surface area contributed by atoms with Gasteiger partial charge in [-0.15, -0.1) is 6.58 Å². The lowest BCUT2D eigenvalue weighted by molar-refractivity contribution is -0.137. The van der Waals surface area contributed by atoms with E-state index in [0.29, 0.717) is 5.88 Å². The van der Waals surface area contributed by atoms with Crippen LogP contribution in [0, 0.1) is 6.92 Å². The van der Waals surface area contributed by atoms with Crippen LogP contribution in [0.2, 0.25) is 0 Å². The van der Waals surface area contributed by atoms with Gasteiger partial charge in [-0.2, -0.15) is 0 Å². The molecule has 112 valence electrons. The van der Waals surface area contributed by atoms with Crippen molar-refractivity contribution in [3.63, 3.8) is 0 Å². The van der Waals surface area contributed by atoms with Crippen molar-refractivity contribution in [2.45, 2.75) is 32.0 Å². The SMILES string of the molecule is C=CC(O)CC(O)CC(=O)Oc1cc2cc(C)ccc2[nH]1. The minimum Gasteiger partial charge on any atom is -0.409 e. The maximum absolute atomic E-state index is 11.7. The third kappa shape index (κ3) is 4.18. The van der Waals surface area contributed by atoms with Crippen molar-refractivity contribution in [1.82, 2.24) is 4.98 Å². The molecule has 5 nitrogen and oxygen atoms in total. The van der Waals surface area contributed by atoms with Crippen LogP contribution in [0.4, 0.5) is 0 Å². The van der Waals surface area contributed by atoms with E-state index >= 15 is 0 Å². The van der Waals surface area contributed by atoms with E-state index in [0.717, 1.165) is 16.5 Å². The molecule has 21 heavy (non-hydrogen) atoms. The molecule has 1 aromatic carbocycles. The highest BCUT2D eigenvalue weighted by molar-refractivity contribution is 5.83. The number of carbonyl (C=O) groups is 1. The topological polar surface area (TPSA) is 82.6 Å². The van der Waals surface area contributed by atoms with E-state index in [1.165, 1.54) is 6.08 Å². The normalized spacial score (nSPS) is 13.9. The van der Waals surface area contributed by atoms with Crippen LogP contribution in [0.15, 0.2) is 36.9 Å². The van der Waals surface area contributed by atoms with Crippen molar-refractivity contribution in [2.24, 2.45) is 0 Å². The summed E-state index contributed by atoms with van der Waals surface area (Å²) in [5.41, 5.74) is 2.00. The summed E-state index contributed by atoms with van der Waals surface area (Å²) in [4.78, 5) is 14.7. The van der Waals surface area contributed by atoms with E-state index in [-0.39, 0.29) is 12.8 Å². The number of fused-ring (bicyclic) bond motifs is 1. The number of rotatable bonds is 6. The Kier molecular flexibility index (Phi) is 4.77. The molecule has 0 aliphatic carbocycles. The van der Waals surface area contributed by atoms with Crippen LogP contribution in [0.5, 0.6) is 5.88 Å². The summed E-state index contributed by atoms with van der Waals surface area (Å²) in [6.07, 6.45) is -0.598. The first-order valence-electron chi connectivity index (χ1n) is 6.76. The van der Waals surface area contributed by atoms with Crippen molar-refractivity contribution in [1.29, 1.82) is 0 Å². The quantitative estimate of drug-likeness (QED) is 0.561. The number of aryl methyl sites for hydroxylation is 1. The average molecular weight is 289 g/mol. The highest BCUT2D eigenvalue weighted by Crippen LogP contribution is 2.22. The van der Waals surface area contributed by atoms with Gasteiger partial charge in [-0.05, 0) is 19.1 Å². The summed E-state index contributed by atoms with van der Waals surface area (Å²) in [5, 5.41) is 19.9. The summed E-state index contributed by atoms with van der Waals surface area (Å²) in [7, 11) is 0. The average Bonchev–Trinajstić information content (AvgIpc) is 2.79. The van der Waals surface area contributed by atoms with Crippen LogP contribution in [0.3, 0.4) is 0 Å². The third-order valence-electron chi connectivity index (χ3n) is 3.16. The molecular weight excluding hydrogens is 270 g/mol. The van der Waals surface area contributed by atoms with Gasteiger partial charge in [0, 0.05) is 23.4 Å². The Labute approximate surface area is 122 Å². The second kappa shape index (κ2) is 6.56. The van der Waals surface area contributed by atoms with Crippen LogP contribution in [-0.2, 0) is 4.79 Å². The number of hydrogen-bond acceptors (Lipinski definition) is 4. The van der Waals surface area contributed by atoms with Crippen LogP contribution < -0.4 is 4.74 Å². The molecule has 0 amide bonds. The Morgan fingerprint density at radius 1 is 1.43 bits per heavy atom. The van der Waals surface area contributed by atoms with E-state index in [9.17, 15) is 15.0 Å². The number of benzene rings is 1. The molecule has 2 aromatic rings. The van der Waals surface area contributed by atoms with Gasteiger partial charge in [-0.25, -0.2) is 0 Å². The number of ether oxygens (including phenoxy) is 1. The zero-order chi connectivity index (χ0) is 15.4. The van der Waals surface area contributed by atoms with Gasteiger partial charge < -0.3 is 19.9 Å². The van der Waals surface area contributed by atoms with Crippen LogP contribution in [0.1, 0.15) is 18.4 Å². The van der Waals surface area contributed by atoms with Crippen LogP contribution >= 0.6 is 0 Å². The zero-order valence-electron chi connectivity index (χ0n) is 11.9. The maximum atomic E-state index is 11.7. The third-order valence-corrected chi connectivity index (χ3v) is 3.16. The molecule has 2 atom stereocenters. The van der Waals surface area contributed by atoms with Gasteiger partial charge in [-0.1, -0.05) is 17.7 Å². The number of carbonyl (C=O) groups excluding carboxylic acids is 1. The molecule has 3 N–H and O–H groups in total. The fourth-order valence-electron chi connectivity index (χ4n) is 2.10. The summed E-state index contributed by atoms with van der Waals surface area (Å²) < 4.78 is 5.16. The van der Waals surface area contributed by atoms with E-state index < -0.39 is 18.2 Å². The number of hydrogen-bond donors (Lipinski definition) is 3. The number of H-pyrrole nitrogens is 1. The highest BCUT2D eigenvalue weighted by atomic mass is 16.5. The van der Waals surface area contributed by atoms with Gasteiger partial charge >= 0.3 is 5.97 Å². The summed E-state index contributed by atoms with van der Waals surface area (Å²) >= 11 is 0. The van der Waals surface area contributed by atoms with Gasteiger partial charge in [0.25, 0.3) is 0 Å². The van der Waals surface area contributed by atoms with Crippen molar-refractivity contribution < 1.29 is 19.7 Å². The van der Waals surface area contributed by atoms with E-state index in [1.54, 1.807) is 6.07 Å². The lowest BCUT2D eigenvalue weighted by atomic mass is 10.1. The van der Waals surface area contributed by atoms with Crippen molar-refractivity contribution in [2.75, 3.05) is 0 Å². The standard InChI is InChI=1S/C16H19NO4/c1-3-12(18)8-13(19)9-16(20)21-15-7-11-6-10(2)4-5-14(11)17-15/h3-7,12-13,17-19H,1,8-9H2,2H3. The first-order valence-corrected chi connectivity index (χ1v) is 6.76. The van der Waals surface area contributed by atoms with Gasteiger partial charge in [0.2, 0.25) is 5.88 Å². The molecule has 1 heterocycles. The Balaban J connectivity index is 1.96. The molecule has 0 spiro atoms. The van der Waals surface area contributed by atoms with Crippen LogP contribution in [-0.4, -0.2) is 33.4 Å². The number of aromatic nitrogens is 1. The lowest BCUT2D eigenvalue weighted by Gasteiger charge is -2.11. The number of aliphatic hydroxyl groups excluding tert-OH is 2. The molecule has 0 saturated carbocycles. The number of nitrogens with one attached hydrogen (secondary N) is 1. The molecule has 5 heteroatoms. The minimum absolute atomic E-state index is 0.0600. The van der Waals surface area contributed by atoms with Gasteiger partial charge in [0.15, 0.2) is 0 Å². The van der Waals surface area contributed by atoms with Crippen LogP contribution in [0.25, 0.3) is 10.9 Å². The number of aromatic amines is 1. The van der Waals surface area contributed by atoms with Gasteiger partial charge in [0.05, 0.1) is 18.6 Å². The molecular formula is C16H19NO4. The Bertz CT molecular complexity index is 647. The highest BCUT2D eigenvalue weighted by Gasteiger charge is 2.16. The first kappa shape index (κ1) is 15.3. The second-order valence-corrected chi connectivity index (χ2v) is 5.10. The fraction of sp³-hybridized carbons (Fsp3) is 0.312. The van der Waals surface area contributed by atoms with E-state index in [2.05, 4.69) is 11.6 Å². The van der Waals surface area contributed by atoms with Gasteiger partial charge in [0.1, 0.15) is 0 Å². The molecule has 2 unspecified atom stereocenters. The molecule has 0 saturated heterocycles. The summed E-state index contributed by atoms with van der Waals surface area (Å²) in [6, 6.07) is 7.60. The monoisotopic (exact) mass is 289 g/mol. The molecule has 0 radical (unpaired) electrons. The lowest BCUT2D eigenvalue weighted by Crippen LogP contribution is -2.22. The van der Waals surface area contributed by atoms with E-state index in [4.69, 9.17) is 4.74 Å². The Morgan fingerprint density at radius 2 is 2.19 bits per heavy atom. The molecule has 0 aliphatic heterocycles. The largest absolute Gasteiger partial charge is 0.409 e. The van der Waals surface area contributed by atoms with Crippen molar-refractivity contribution in [3.8, 4) is 5.88 Å². The summed E-state index contributed by atoms with van der Waals surface area (Å²) in [6.45, 7) is 5.40. The smallest absolute Gasteiger partial charge is 0.315 e. The molecule has 0 bridgehead atoms. The van der Waals surface area contributed by atoms with Gasteiger partial charge in [-0.3, -0.25) is 4.79 Å². The predicted octanol–water partition coefficient (Wildman–Crippen LogP) is 2.07. The molecule has 0 aliphatic rings. The molecule has 2 rings (SSSR count). The predicted molar refractivity (Wildman–Crippen MR) is 80.1 cm³/mol. The number of aliphatic hydroxyl groups is 2. The number of esters is 1. The minimum atomic E-state index is -0.961. The maximum Gasteiger partial charge on any atom is 0.315 e. The van der Waals surface area contributed by atoms with E-state index in [1.807, 2.05) is 25.1 Å². The van der Waals surface area contributed by atoms with Crippen molar-refractivity contribution >= 4 is 16.9 Å². The summed E-state index contributed by atoms with van der Waals surface area (Å²) in [5.74, 6) is -0.209. The molecule has 0 fully saturated rings.